The molecule has 0 aliphatic rings. The monoisotopic (exact) mass is 454 g/mol. The lowest BCUT2D eigenvalue weighted by atomic mass is 10.1. The van der Waals surface area contributed by atoms with Crippen molar-refractivity contribution < 1.29 is 23.0 Å². The number of carbonyl (C=O) groups excluding carboxylic acids is 1. The Morgan fingerprint density at radius 3 is 2.78 bits per heavy atom. The maximum atomic E-state index is 14.2. The molecular formula is C18H13BrF2N2O3S. The highest BCUT2D eigenvalue weighted by molar-refractivity contribution is 9.11. The van der Waals surface area contributed by atoms with E-state index in [0.717, 1.165) is 21.5 Å². The Bertz CT molecular complexity index is 1010. The molecule has 0 atom stereocenters. The number of carbonyl (C=O) groups is 1. The number of methoxy groups -OCH3 is 1. The van der Waals surface area contributed by atoms with Crippen molar-refractivity contribution in [1.29, 1.82) is 0 Å². The largest absolute Gasteiger partial charge is 0.497 e. The maximum absolute atomic E-state index is 14.2. The molecular weight excluding hydrogens is 442 g/mol. The maximum Gasteiger partial charge on any atom is 0.254 e. The van der Waals surface area contributed by atoms with Gasteiger partial charge in [-0.05, 0) is 40.2 Å². The third-order valence-corrected chi connectivity index (χ3v) is 5.31. The molecule has 1 amide bonds. The third-order valence-electron chi connectivity index (χ3n) is 3.63. The molecule has 0 radical (unpaired) electrons. The van der Waals surface area contributed by atoms with E-state index in [1.807, 2.05) is 24.3 Å². The van der Waals surface area contributed by atoms with Crippen LogP contribution in [0.1, 0.15) is 15.4 Å². The summed E-state index contributed by atoms with van der Waals surface area (Å²) >= 11 is 4.77. The number of halogens is 3. The van der Waals surface area contributed by atoms with Gasteiger partial charge in [-0.15, -0.1) is 11.3 Å². The Kier molecular flexibility index (Phi) is 5.71. The molecule has 3 rings (SSSR count). The Balaban J connectivity index is 1.82. The van der Waals surface area contributed by atoms with Crippen molar-refractivity contribution in [3.05, 3.63) is 62.4 Å². The molecule has 3 aromatic rings. The fraction of sp³-hybridized carbons (Fsp3) is 0.111. The highest BCUT2D eigenvalue weighted by atomic mass is 79.9. The predicted molar refractivity (Wildman–Crippen MR) is 101 cm³/mol. The lowest BCUT2D eigenvalue weighted by Crippen LogP contribution is -2.16. The van der Waals surface area contributed by atoms with Crippen LogP contribution in [0.15, 0.2) is 40.2 Å². The predicted octanol–water partition coefficient (Wildman–Crippen LogP) is 4.54. The molecule has 0 saturated heterocycles. The van der Waals surface area contributed by atoms with Crippen molar-refractivity contribution in [2.75, 3.05) is 7.11 Å². The summed E-state index contributed by atoms with van der Waals surface area (Å²) < 4.78 is 39.1. The Hall–Kier alpha value is -2.52. The summed E-state index contributed by atoms with van der Waals surface area (Å²) in [5.41, 5.74) is 5.70. The molecule has 27 heavy (non-hydrogen) atoms. The summed E-state index contributed by atoms with van der Waals surface area (Å²) in [7, 11) is 1.58. The molecule has 1 aromatic heterocycles. The number of benzene rings is 2. The number of thiazole rings is 1. The Morgan fingerprint density at radius 2 is 2.07 bits per heavy atom. The quantitative estimate of drug-likeness (QED) is 0.593. The lowest BCUT2D eigenvalue weighted by Gasteiger charge is -2.08. The first-order valence-electron chi connectivity index (χ1n) is 7.61. The molecule has 0 fully saturated rings. The van der Waals surface area contributed by atoms with Crippen molar-refractivity contribution in [1.82, 2.24) is 4.98 Å². The zero-order chi connectivity index (χ0) is 19.6. The van der Waals surface area contributed by atoms with Crippen LogP contribution in [0.3, 0.4) is 0 Å². The average Bonchev–Trinajstić information content (AvgIpc) is 3.01. The van der Waals surface area contributed by atoms with E-state index in [-0.39, 0.29) is 12.4 Å². The highest BCUT2D eigenvalue weighted by Crippen LogP contribution is 2.35. The van der Waals surface area contributed by atoms with Gasteiger partial charge in [0.1, 0.15) is 28.7 Å². The van der Waals surface area contributed by atoms with Crippen molar-refractivity contribution in [2.45, 2.75) is 6.61 Å². The van der Waals surface area contributed by atoms with Crippen LogP contribution in [0.2, 0.25) is 0 Å². The topological polar surface area (TPSA) is 74.4 Å². The summed E-state index contributed by atoms with van der Waals surface area (Å²) in [5, 5.41) is 0.559. The molecule has 5 nitrogen and oxygen atoms in total. The lowest BCUT2D eigenvalue weighted by molar-refractivity contribution is 0.0991. The van der Waals surface area contributed by atoms with Crippen molar-refractivity contribution >= 4 is 33.2 Å². The van der Waals surface area contributed by atoms with Crippen LogP contribution in [0.25, 0.3) is 11.3 Å². The van der Waals surface area contributed by atoms with Gasteiger partial charge >= 0.3 is 0 Å². The Morgan fingerprint density at radius 1 is 1.30 bits per heavy atom. The van der Waals surface area contributed by atoms with Gasteiger partial charge in [0, 0.05) is 5.56 Å². The van der Waals surface area contributed by atoms with Crippen LogP contribution in [0.5, 0.6) is 11.5 Å². The molecule has 0 aliphatic heterocycles. The van der Waals surface area contributed by atoms with Gasteiger partial charge < -0.3 is 15.2 Å². The third kappa shape index (κ3) is 4.09. The molecule has 0 spiro atoms. The first-order chi connectivity index (χ1) is 12.9. The van der Waals surface area contributed by atoms with Crippen LogP contribution in [0.4, 0.5) is 8.78 Å². The van der Waals surface area contributed by atoms with Crippen LogP contribution in [-0.2, 0) is 6.61 Å². The fourth-order valence-electron chi connectivity index (χ4n) is 2.36. The first kappa shape index (κ1) is 19.2. The molecule has 2 N–H and O–H groups in total. The minimum absolute atomic E-state index is 0.0615. The molecule has 0 unspecified atom stereocenters. The molecule has 140 valence electrons. The van der Waals surface area contributed by atoms with Crippen LogP contribution in [-0.4, -0.2) is 18.0 Å². The van der Waals surface area contributed by atoms with Crippen molar-refractivity contribution in [3.63, 3.8) is 0 Å². The van der Waals surface area contributed by atoms with E-state index < -0.39 is 23.1 Å². The summed E-state index contributed by atoms with van der Waals surface area (Å²) in [6.45, 7) is -0.0615. The zero-order valence-electron chi connectivity index (χ0n) is 14.0. The normalized spacial score (nSPS) is 10.7. The number of hydrogen-bond acceptors (Lipinski definition) is 5. The number of hydrogen-bond donors (Lipinski definition) is 1. The number of primary amides is 1. The molecule has 2 aromatic carbocycles. The van der Waals surface area contributed by atoms with E-state index in [9.17, 15) is 13.6 Å². The minimum Gasteiger partial charge on any atom is -0.497 e. The smallest absolute Gasteiger partial charge is 0.254 e. The minimum atomic E-state index is -1.20. The van der Waals surface area contributed by atoms with Gasteiger partial charge in [-0.3, -0.25) is 4.79 Å². The van der Waals surface area contributed by atoms with Crippen LogP contribution >= 0.6 is 27.3 Å². The number of nitrogens with zero attached hydrogens (tertiary/aromatic N) is 1. The first-order valence-corrected chi connectivity index (χ1v) is 9.22. The SMILES string of the molecule is COc1cccc(-c2nc(COc3ccc(F)c(C(N)=O)c3F)sc2Br)c1. The average molecular weight is 455 g/mol. The molecule has 0 aliphatic carbocycles. The number of rotatable bonds is 6. The molecule has 1 heterocycles. The Labute approximate surface area is 165 Å². The van der Waals surface area contributed by atoms with Crippen molar-refractivity contribution in [2.24, 2.45) is 5.73 Å². The number of nitrogens with two attached hydrogens (primary N) is 1. The van der Waals surface area contributed by atoms with E-state index in [2.05, 4.69) is 20.9 Å². The zero-order valence-corrected chi connectivity index (χ0v) is 16.4. The standard InChI is InChI=1S/C18H13BrF2N2O3S/c1-25-10-4-2-3-9(7-10)16-17(19)27-13(23-16)8-26-12-6-5-11(20)14(15(12)21)18(22)24/h2-7H,8H2,1H3,(H2,22,24). The van der Waals surface area contributed by atoms with Gasteiger partial charge in [-0.2, -0.15) is 0 Å². The van der Waals surface area contributed by atoms with Gasteiger partial charge in [0.15, 0.2) is 11.6 Å². The summed E-state index contributed by atoms with van der Waals surface area (Å²) in [4.78, 5) is 15.7. The van der Waals surface area contributed by atoms with Gasteiger partial charge in [0.05, 0.1) is 16.6 Å². The number of amides is 1. The second kappa shape index (κ2) is 8.01. The molecule has 0 saturated carbocycles. The summed E-state index contributed by atoms with van der Waals surface area (Å²) in [6.07, 6.45) is 0. The van der Waals surface area contributed by atoms with Gasteiger partial charge in [-0.25, -0.2) is 13.8 Å². The summed E-state index contributed by atoms with van der Waals surface area (Å²) in [6, 6.07) is 9.41. The number of ether oxygens (including phenoxy) is 2. The van der Waals surface area contributed by atoms with E-state index in [0.29, 0.717) is 16.5 Å². The van der Waals surface area contributed by atoms with E-state index in [1.165, 1.54) is 11.3 Å². The molecule has 9 heteroatoms. The number of aromatic nitrogens is 1. The van der Waals surface area contributed by atoms with Gasteiger partial charge in [-0.1, -0.05) is 12.1 Å². The van der Waals surface area contributed by atoms with Crippen LogP contribution < -0.4 is 15.2 Å². The van der Waals surface area contributed by atoms with E-state index in [4.69, 9.17) is 15.2 Å². The second-order valence-electron chi connectivity index (χ2n) is 5.35. The second-order valence-corrected chi connectivity index (χ2v) is 7.75. The van der Waals surface area contributed by atoms with Crippen LogP contribution in [0, 0.1) is 11.6 Å². The van der Waals surface area contributed by atoms with E-state index >= 15 is 0 Å². The van der Waals surface area contributed by atoms with Crippen molar-refractivity contribution in [3.8, 4) is 22.8 Å². The van der Waals surface area contributed by atoms with E-state index in [1.54, 1.807) is 7.11 Å². The summed E-state index contributed by atoms with van der Waals surface area (Å²) in [5.74, 6) is -2.96. The highest BCUT2D eigenvalue weighted by Gasteiger charge is 2.20. The van der Waals surface area contributed by atoms with Gasteiger partial charge in [0.2, 0.25) is 0 Å². The fourth-order valence-corrected chi connectivity index (χ4v) is 3.96. The van der Waals surface area contributed by atoms with Gasteiger partial charge in [0.25, 0.3) is 5.91 Å². The molecule has 0 bridgehead atoms.